The van der Waals surface area contributed by atoms with Crippen LogP contribution in [0, 0.1) is 5.92 Å². The summed E-state index contributed by atoms with van der Waals surface area (Å²) in [6.45, 7) is 0.640. The van der Waals surface area contributed by atoms with Crippen LogP contribution in [0.5, 0.6) is 0 Å². The van der Waals surface area contributed by atoms with Crippen molar-refractivity contribution in [3.05, 3.63) is 34.3 Å². The molecule has 1 saturated heterocycles. The summed E-state index contributed by atoms with van der Waals surface area (Å²) in [5.74, 6) is -1.20. The Morgan fingerprint density at radius 1 is 1.50 bits per heavy atom. The monoisotopic (exact) mass is 284 g/mol. The molecule has 0 bridgehead atoms. The number of halogens is 1. The lowest BCUT2D eigenvalue weighted by molar-refractivity contribution is -0.151. The molecule has 0 saturated carbocycles. The van der Waals surface area contributed by atoms with Gasteiger partial charge < -0.3 is 9.84 Å². The van der Waals surface area contributed by atoms with Crippen LogP contribution >= 0.6 is 15.9 Å². The fourth-order valence-corrected chi connectivity index (χ4v) is 2.46. The van der Waals surface area contributed by atoms with Gasteiger partial charge in [0.2, 0.25) is 0 Å². The minimum absolute atomic E-state index is 0.316. The molecule has 4 heteroatoms. The molecule has 1 aromatic carbocycles. The molecule has 0 radical (unpaired) electrons. The number of hydrogen-bond donors (Lipinski definition) is 1. The number of carbonyl (C=O) groups is 1. The predicted molar refractivity (Wildman–Crippen MR) is 63.2 cm³/mol. The Kier molecular flexibility index (Phi) is 3.61. The molecular weight excluding hydrogens is 272 g/mol. The van der Waals surface area contributed by atoms with E-state index >= 15 is 0 Å². The highest BCUT2D eigenvalue weighted by Gasteiger charge is 2.32. The Morgan fingerprint density at radius 3 is 3.00 bits per heavy atom. The first kappa shape index (κ1) is 11.6. The quantitative estimate of drug-likeness (QED) is 0.908. The van der Waals surface area contributed by atoms with E-state index in [4.69, 9.17) is 9.84 Å². The van der Waals surface area contributed by atoms with Crippen LogP contribution in [-0.4, -0.2) is 17.7 Å². The van der Waals surface area contributed by atoms with Crippen molar-refractivity contribution in [3.63, 3.8) is 0 Å². The first-order chi connectivity index (χ1) is 7.68. The highest BCUT2D eigenvalue weighted by Crippen LogP contribution is 2.34. The summed E-state index contributed by atoms with van der Waals surface area (Å²) in [6.07, 6.45) is 1.19. The molecule has 2 rings (SSSR count). The number of benzene rings is 1. The van der Waals surface area contributed by atoms with Gasteiger partial charge in [0.25, 0.3) is 0 Å². The first-order valence-electron chi connectivity index (χ1n) is 5.28. The SMILES string of the molecule is O=C(O)C1CCCOC1c1cccc(Br)c1. The molecule has 2 unspecified atom stereocenters. The number of rotatable bonds is 2. The van der Waals surface area contributed by atoms with E-state index in [9.17, 15) is 4.79 Å². The Bertz CT molecular complexity index is 392. The molecule has 0 aliphatic carbocycles. The van der Waals surface area contributed by atoms with Gasteiger partial charge in [-0.2, -0.15) is 0 Å². The van der Waals surface area contributed by atoms with Crippen LogP contribution in [0.2, 0.25) is 0 Å². The molecule has 1 aliphatic heterocycles. The third kappa shape index (κ3) is 2.44. The summed E-state index contributed by atoms with van der Waals surface area (Å²) in [5, 5.41) is 9.15. The maximum absolute atomic E-state index is 11.1. The van der Waals surface area contributed by atoms with Crippen LogP contribution in [-0.2, 0) is 9.53 Å². The maximum atomic E-state index is 11.1. The number of hydrogen-bond acceptors (Lipinski definition) is 2. The van der Waals surface area contributed by atoms with Crippen LogP contribution in [0.15, 0.2) is 28.7 Å². The Labute approximate surface area is 103 Å². The van der Waals surface area contributed by atoms with Crippen molar-refractivity contribution in [2.24, 2.45) is 5.92 Å². The van der Waals surface area contributed by atoms with Gasteiger partial charge in [0.05, 0.1) is 12.0 Å². The zero-order valence-corrected chi connectivity index (χ0v) is 10.3. The Hall–Kier alpha value is -0.870. The normalized spacial score (nSPS) is 25.3. The number of aliphatic carboxylic acids is 1. The number of ether oxygens (including phenoxy) is 1. The fourth-order valence-electron chi connectivity index (χ4n) is 2.05. The van der Waals surface area contributed by atoms with Crippen molar-refractivity contribution in [2.45, 2.75) is 18.9 Å². The van der Waals surface area contributed by atoms with Crippen LogP contribution in [0.25, 0.3) is 0 Å². The molecule has 1 aromatic rings. The predicted octanol–water partition coefficient (Wildman–Crippen LogP) is 3.00. The largest absolute Gasteiger partial charge is 0.481 e. The summed E-state index contributed by atoms with van der Waals surface area (Å²) in [7, 11) is 0. The molecule has 86 valence electrons. The second kappa shape index (κ2) is 4.97. The maximum Gasteiger partial charge on any atom is 0.309 e. The average Bonchev–Trinajstić information content (AvgIpc) is 2.29. The van der Waals surface area contributed by atoms with Gasteiger partial charge in [-0.05, 0) is 30.5 Å². The van der Waals surface area contributed by atoms with Gasteiger partial charge in [0, 0.05) is 11.1 Å². The Balaban J connectivity index is 2.26. The van der Waals surface area contributed by atoms with E-state index < -0.39 is 11.9 Å². The van der Waals surface area contributed by atoms with E-state index in [2.05, 4.69) is 15.9 Å². The van der Waals surface area contributed by atoms with Gasteiger partial charge in [-0.15, -0.1) is 0 Å². The van der Waals surface area contributed by atoms with E-state index in [1.807, 2.05) is 24.3 Å². The summed E-state index contributed by atoms with van der Waals surface area (Å²) in [4.78, 5) is 11.1. The lowest BCUT2D eigenvalue weighted by Gasteiger charge is -2.29. The molecule has 3 nitrogen and oxygen atoms in total. The summed E-state index contributed by atoms with van der Waals surface area (Å²) in [6, 6.07) is 7.65. The van der Waals surface area contributed by atoms with Gasteiger partial charge in [0.15, 0.2) is 0 Å². The third-order valence-corrected chi connectivity index (χ3v) is 3.31. The van der Waals surface area contributed by atoms with Crippen molar-refractivity contribution in [2.75, 3.05) is 6.61 Å². The molecule has 1 heterocycles. The van der Waals surface area contributed by atoms with Gasteiger partial charge in [0.1, 0.15) is 0 Å². The summed E-state index contributed by atoms with van der Waals surface area (Å²) >= 11 is 3.38. The van der Waals surface area contributed by atoms with Crippen LogP contribution in [0.3, 0.4) is 0 Å². The fraction of sp³-hybridized carbons (Fsp3) is 0.417. The number of carboxylic acids is 1. The molecule has 0 amide bonds. The van der Waals surface area contributed by atoms with Crippen molar-refractivity contribution in [3.8, 4) is 0 Å². The van der Waals surface area contributed by atoms with E-state index in [0.717, 1.165) is 16.5 Å². The highest BCUT2D eigenvalue weighted by molar-refractivity contribution is 9.10. The van der Waals surface area contributed by atoms with Gasteiger partial charge in [-0.25, -0.2) is 0 Å². The minimum Gasteiger partial charge on any atom is -0.481 e. The van der Waals surface area contributed by atoms with Crippen molar-refractivity contribution in [1.29, 1.82) is 0 Å². The molecular formula is C12H13BrO3. The van der Waals surface area contributed by atoms with Gasteiger partial charge in [-0.3, -0.25) is 4.79 Å². The lowest BCUT2D eigenvalue weighted by atomic mass is 9.90. The lowest BCUT2D eigenvalue weighted by Crippen LogP contribution is -2.28. The molecule has 0 aromatic heterocycles. The van der Waals surface area contributed by atoms with Gasteiger partial charge >= 0.3 is 5.97 Å². The summed E-state index contributed by atoms with van der Waals surface area (Å²) < 4.78 is 6.54. The standard InChI is InChI=1S/C12H13BrO3/c13-9-4-1-3-8(7-9)11-10(12(14)15)5-2-6-16-11/h1,3-4,7,10-11H,2,5-6H2,(H,14,15). The third-order valence-electron chi connectivity index (χ3n) is 2.82. The van der Waals surface area contributed by atoms with Gasteiger partial charge in [-0.1, -0.05) is 28.1 Å². The molecule has 1 fully saturated rings. The molecule has 1 aliphatic rings. The van der Waals surface area contributed by atoms with Crippen LogP contribution < -0.4 is 0 Å². The average molecular weight is 285 g/mol. The second-order valence-electron chi connectivity index (χ2n) is 3.93. The number of carboxylic acid groups (broad SMARTS) is 1. The zero-order chi connectivity index (χ0) is 11.5. The molecule has 16 heavy (non-hydrogen) atoms. The smallest absolute Gasteiger partial charge is 0.309 e. The van der Waals surface area contributed by atoms with Crippen molar-refractivity contribution < 1.29 is 14.6 Å². The highest BCUT2D eigenvalue weighted by atomic mass is 79.9. The summed E-state index contributed by atoms with van der Waals surface area (Å²) in [5.41, 5.74) is 0.932. The van der Waals surface area contributed by atoms with Crippen LogP contribution in [0.1, 0.15) is 24.5 Å². The van der Waals surface area contributed by atoms with E-state index in [1.54, 1.807) is 0 Å². The Morgan fingerprint density at radius 2 is 2.31 bits per heavy atom. The second-order valence-corrected chi connectivity index (χ2v) is 4.85. The van der Waals surface area contributed by atoms with E-state index in [0.29, 0.717) is 13.0 Å². The minimum atomic E-state index is -0.773. The topological polar surface area (TPSA) is 46.5 Å². The molecule has 1 N–H and O–H groups in total. The van der Waals surface area contributed by atoms with Crippen molar-refractivity contribution >= 4 is 21.9 Å². The van der Waals surface area contributed by atoms with Crippen LogP contribution in [0.4, 0.5) is 0 Å². The van der Waals surface area contributed by atoms with E-state index in [1.165, 1.54) is 0 Å². The zero-order valence-electron chi connectivity index (χ0n) is 8.73. The van der Waals surface area contributed by atoms with Crippen molar-refractivity contribution in [1.82, 2.24) is 0 Å². The van der Waals surface area contributed by atoms with E-state index in [-0.39, 0.29) is 6.10 Å². The molecule has 2 atom stereocenters. The molecule has 0 spiro atoms. The first-order valence-corrected chi connectivity index (χ1v) is 6.07.